The molecule has 2 amide bonds. The van der Waals surface area contributed by atoms with Gasteiger partial charge in [0, 0.05) is 12.1 Å². The molecule has 0 atom stereocenters. The van der Waals surface area contributed by atoms with Gasteiger partial charge in [-0.1, -0.05) is 32.3 Å². The highest BCUT2D eigenvalue weighted by molar-refractivity contribution is 5.94. The molecule has 3 N–H and O–H groups in total. The monoisotopic (exact) mass is 278 g/mol. The van der Waals surface area contributed by atoms with Gasteiger partial charge in [0.2, 0.25) is 0 Å². The van der Waals surface area contributed by atoms with E-state index in [-0.39, 0.29) is 12.5 Å². The standard InChI is InChI=1S/C15H22N2O3/c1-2-3-4-5-9-17-15(19)12-7-6-8-13(10-12)20-11-14(16)18/h6-8,10H,2-5,9,11H2,1H3,(H2,16,18)(H,17,19). The number of amides is 2. The van der Waals surface area contributed by atoms with Gasteiger partial charge in [-0.3, -0.25) is 9.59 Å². The quantitative estimate of drug-likeness (QED) is 0.676. The highest BCUT2D eigenvalue weighted by atomic mass is 16.5. The molecule has 0 aliphatic carbocycles. The maximum Gasteiger partial charge on any atom is 0.255 e. The second-order valence-electron chi connectivity index (χ2n) is 4.60. The van der Waals surface area contributed by atoms with Gasteiger partial charge in [0.25, 0.3) is 11.8 Å². The molecular formula is C15H22N2O3. The summed E-state index contributed by atoms with van der Waals surface area (Å²) >= 11 is 0. The van der Waals surface area contributed by atoms with Crippen molar-refractivity contribution < 1.29 is 14.3 Å². The molecule has 0 unspecified atom stereocenters. The van der Waals surface area contributed by atoms with Crippen molar-refractivity contribution in [1.82, 2.24) is 5.32 Å². The van der Waals surface area contributed by atoms with Gasteiger partial charge in [0.05, 0.1) is 0 Å². The SMILES string of the molecule is CCCCCCNC(=O)c1cccc(OCC(N)=O)c1. The van der Waals surface area contributed by atoms with E-state index in [0.29, 0.717) is 17.9 Å². The van der Waals surface area contributed by atoms with Gasteiger partial charge in [-0.25, -0.2) is 0 Å². The number of carbonyl (C=O) groups is 2. The Morgan fingerprint density at radius 1 is 1.25 bits per heavy atom. The molecule has 0 aliphatic rings. The summed E-state index contributed by atoms with van der Waals surface area (Å²) in [5, 5.41) is 2.86. The minimum Gasteiger partial charge on any atom is -0.484 e. The van der Waals surface area contributed by atoms with Crippen LogP contribution in [-0.2, 0) is 4.79 Å². The number of nitrogens with two attached hydrogens (primary N) is 1. The van der Waals surface area contributed by atoms with Crippen LogP contribution in [0.4, 0.5) is 0 Å². The molecule has 1 aromatic carbocycles. The Kier molecular flexibility index (Phi) is 7.17. The lowest BCUT2D eigenvalue weighted by atomic mass is 10.2. The number of carbonyl (C=O) groups excluding carboxylic acids is 2. The van der Waals surface area contributed by atoms with Crippen LogP contribution < -0.4 is 15.8 Å². The van der Waals surface area contributed by atoms with Crippen LogP contribution in [0.2, 0.25) is 0 Å². The van der Waals surface area contributed by atoms with Gasteiger partial charge in [0.1, 0.15) is 5.75 Å². The summed E-state index contributed by atoms with van der Waals surface area (Å²) in [6.45, 7) is 2.63. The first kappa shape index (κ1) is 16.0. The fraction of sp³-hybridized carbons (Fsp3) is 0.467. The lowest BCUT2D eigenvalue weighted by Crippen LogP contribution is -2.24. The fourth-order valence-electron chi connectivity index (χ4n) is 1.74. The van der Waals surface area contributed by atoms with E-state index in [1.807, 2.05) is 0 Å². The molecule has 0 heterocycles. The van der Waals surface area contributed by atoms with E-state index in [9.17, 15) is 9.59 Å². The van der Waals surface area contributed by atoms with E-state index >= 15 is 0 Å². The summed E-state index contributed by atoms with van der Waals surface area (Å²) in [4.78, 5) is 22.5. The summed E-state index contributed by atoms with van der Waals surface area (Å²) in [6, 6.07) is 6.70. The summed E-state index contributed by atoms with van der Waals surface area (Å²) in [5.41, 5.74) is 5.52. The molecular weight excluding hydrogens is 256 g/mol. The van der Waals surface area contributed by atoms with E-state index in [4.69, 9.17) is 10.5 Å². The van der Waals surface area contributed by atoms with E-state index in [2.05, 4.69) is 12.2 Å². The first-order valence-corrected chi connectivity index (χ1v) is 6.93. The Labute approximate surface area is 119 Å². The predicted molar refractivity (Wildman–Crippen MR) is 77.6 cm³/mol. The van der Waals surface area contributed by atoms with Gasteiger partial charge in [-0.2, -0.15) is 0 Å². The van der Waals surface area contributed by atoms with Crippen molar-refractivity contribution in [2.24, 2.45) is 5.73 Å². The molecule has 0 bridgehead atoms. The third kappa shape index (κ3) is 6.22. The predicted octanol–water partition coefficient (Wildman–Crippen LogP) is 1.86. The van der Waals surface area contributed by atoms with Crippen LogP contribution in [0.3, 0.4) is 0 Å². The third-order valence-corrected chi connectivity index (χ3v) is 2.79. The van der Waals surface area contributed by atoms with Crippen molar-refractivity contribution in [3.63, 3.8) is 0 Å². The molecule has 110 valence electrons. The largest absolute Gasteiger partial charge is 0.484 e. The maximum atomic E-state index is 11.9. The molecule has 0 aromatic heterocycles. The minimum atomic E-state index is -0.546. The zero-order valence-electron chi connectivity index (χ0n) is 11.9. The van der Waals surface area contributed by atoms with Gasteiger partial charge < -0.3 is 15.8 Å². The molecule has 0 spiro atoms. The molecule has 0 saturated heterocycles. The summed E-state index contributed by atoms with van der Waals surface area (Å²) in [7, 11) is 0. The average molecular weight is 278 g/mol. The lowest BCUT2D eigenvalue weighted by molar-refractivity contribution is -0.119. The van der Waals surface area contributed by atoms with E-state index < -0.39 is 5.91 Å². The lowest BCUT2D eigenvalue weighted by Gasteiger charge is -2.07. The number of nitrogens with one attached hydrogen (secondary N) is 1. The van der Waals surface area contributed by atoms with Gasteiger partial charge >= 0.3 is 0 Å². The number of primary amides is 1. The number of rotatable bonds is 9. The van der Waals surface area contributed by atoms with E-state index in [0.717, 1.165) is 12.8 Å². The van der Waals surface area contributed by atoms with Gasteiger partial charge in [-0.15, -0.1) is 0 Å². The van der Waals surface area contributed by atoms with Gasteiger partial charge in [-0.05, 0) is 24.6 Å². The first-order valence-electron chi connectivity index (χ1n) is 6.93. The number of benzene rings is 1. The van der Waals surface area contributed by atoms with Crippen molar-refractivity contribution in [2.75, 3.05) is 13.2 Å². The number of ether oxygens (including phenoxy) is 1. The molecule has 0 aliphatic heterocycles. The minimum absolute atomic E-state index is 0.133. The number of unbranched alkanes of at least 4 members (excludes halogenated alkanes) is 3. The van der Waals surface area contributed by atoms with Crippen molar-refractivity contribution in [3.05, 3.63) is 29.8 Å². The Balaban J connectivity index is 2.43. The van der Waals surface area contributed by atoms with Crippen molar-refractivity contribution in [3.8, 4) is 5.75 Å². The van der Waals surface area contributed by atoms with E-state index in [1.165, 1.54) is 12.8 Å². The normalized spacial score (nSPS) is 10.1. The molecule has 20 heavy (non-hydrogen) atoms. The maximum absolute atomic E-state index is 11.9. The second kappa shape index (κ2) is 8.96. The second-order valence-corrected chi connectivity index (χ2v) is 4.60. The molecule has 1 rings (SSSR count). The molecule has 0 saturated carbocycles. The van der Waals surface area contributed by atoms with Crippen LogP contribution >= 0.6 is 0 Å². The summed E-state index contributed by atoms with van der Waals surface area (Å²) in [6.07, 6.45) is 4.47. The third-order valence-electron chi connectivity index (χ3n) is 2.79. The first-order chi connectivity index (χ1) is 9.63. The Morgan fingerprint density at radius 3 is 2.75 bits per heavy atom. The molecule has 5 nitrogen and oxygen atoms in total. The van der Waals surface area contributed by atoms with Crippen LogP contribution in [0, 0.1) is 0 Å². The van der Waals surface area contributed by atoms with Crippen molar-refractivity contribution in [2.45, 2.75) is 32.6 Å². The molecule has 1 aromatic rings. The summed E-state index contributed by atoms with van der Waals surface area (Å²) in [5.74, 6) is -0.218. The highest BCUT2D eigenvalue weighted by Crippen LogP contribution is 2.13. The molecule has 0 radical (unpaired) electrons. The van der Waals surface area contributed by atoms with Crippen molar-refractivity contribution in [1.29, 1.82) is 0 Å². The zero-order valence-corrected chi connectivity index (χ0v) is 11.9. The topological polar surface area (TPSA) is 81.4 Å². The van der Waals surface area contributed by atoms with Crippen LogP contribution in [0.15, 0.2) is 24.3 Å². The molecule has 5 heteroatoms. The smallest absolute Gasteiger partial charge is 0.255 e. The van der Waals surface area contributed by atoms with Crippen LogP contribution in [0.5, 0.6) is 5.75 Å². The van der Waals surface area contributed by atoms with Gasteiger partial charge in [0.15, 0.2) is 6.61 Å². The number of hydrogen-bond donors (Lipinski definition) is 2. The molecule has 0 fully saturated rings. The number of hydrogen-bond acceptors (Lipinski definition) is 3. The Morgan fingerprint density at radius 2 is 2.05 bits per heavy atom. The van der Waals surface area contributed by atoms with Crippen LogP contribution in [0.25, 0.3) is 0 Å². The summed E-state index contributed by atoms with van der Waals surface area (Å²) < 4.78 is 5.16. The Bertz CT molecular complexity index is 446. The van der Waals surface area contributed by atoms with Crippen molar-refractivity contribution >= 4 is 11.8 Å². The average Bonchev–Trinajstić information content (AvgIpc) is 2.45. The zero-order chi connectivity index (χ0) is 14.8. The fourth-order valence-corrected chi connectivity index (χ4v) is 1.74. The highest BCUT2D eigenvalue weighted by Gasteiger charge is 2.06. The van der Waals surface area contributed by atoms with Crippen LogP contribution in [-0.4, -0.2) is 25.0 Å². The van der Waals surface area contributed by atoms with E-state index in [1.54, 1.807) is 24.3 Å². The Hall–Kier alpha value is -2.04. The van der Waals surface area contributed by atoms with Crippen LogP contribution in [0.1, 0.15) is 43.0 Å².